The van der Waals surface area contributed by atoms with Crippen LogP contribution in [0.15, 0.2) is 46.8 Å². The van der Waals surface area contributed by atoms with Crippen molar-refractivity contribution in [3.63, 3.8) is 0 Å². The Morgan fingerprint density at radius 1 is 1.28 bits per heavy atom. The van der Waals surface area contributed by atoms with Crippen LogP contribution in [0.1, 0.15) is 24.8 Å². The zero-order valence-corrected chi connectivity index (χ0v) is 10.2. The van der Waals surface area contributed by atoms with Crippen molar-refractivity contribution in [1.29, 1.82) is 5.41 Å². The fraction of sp³-hybridized carbons (Fsp3) is 0.286. The molecule has 18 heavy (non-hydrogen) atoms. The van der Waals surface area contributed by atoms with Crippen LogP contribution in [0.2, 0.25) is 0 Å². The second-order valence-corrected chi connectivity index (χ2v) is 4.28. The predicted octanol–water partition coefficient (Wildman–Crippen LogP) is 2.69. The summed E-state index contributed by atoms with van der Waals surface area (Å²) in [6, 6.07) is 10.1. The van der Waals surface area contributed by atoms with Gasteiger partial charge >= 0.3 is 0 Å². The summed E-state index contributed by atoms with van der Waals surface area (Å²) < 4.78 is 0. The van der Waals surface area contributed by atoms with E-state index in [1.165, 1.54) is 11.8 Å². The molecule has 0 fully saturated rings. The lowest BCUT2D eigenvalue weighted by Gasteiger charge is -2.20. The summed E-state index contributed by atoms with van der Waals surface area (Å²) in [5.41, 5.74) is 3.52. The predicted molar refractivity (Wildman–Crippen MR) is 72.2 cm³/mol. The average molecular weight is 243 g/mol. The zero-order valence-electron chi connectivity index (χ0n) is 10.2. The number of oxime groups is 1. The molecule has 0 saturated heterocycles. The van der Waals surface area contributed by atoms with E-state index >= 15 is 0 Å². The molecule has 0 radical (unpaired) electrons. The summed E-state index contributed by atoms with van der Waals surface area (Å²) in [7, 11) is 0. The molecular weight excluding hydrogens is 226 g/mol. The Balaban J connectivity index is 2.11. The van der Waals surface area contributed by atoms with Crippen LogP contribution in [0.5, 0.6) is 0 Å². The highest BCUT2D eigenvalue weighted by molar-refractivity contribution is 6.16. The van der Waals surface area contributed by atoms with Gasteiger partial charge in [-0.1, -0.05) is 35.5 Å². The number of allylic oxidation sites excluding steroid dienone is 2. The first kappa shape index (κ1) is 12.4. The minimum absolute atomic E-state index is 0.604. The standard InChI is InChI=1S/C14H17N3O/c15-9-12-13(7-4-8-14(12)17-18)16-10-11-5-2-1-3-6-11/h1-3,5-6,9,15-16,18H,4,7-8,10H2/b15-9?,17-14+. The van der Waals surface area contributed by atoms with E-state index in [0.717, 1.165) is 37.1 Å². The number of rotatable bonds is 4. The van der Waals surface area contributed by atoms with Crippen molar-refractivity contribution >= 4 is 11.9 Å². The second kappa shape index (κ2) is 6.00. The van der Waals surface area contributed by atoms with Crippen molar-refractivity contribution < 1.29 is 5.21 Å². The third kappa shape index (κ3) is 2.77. The number of nitrogens with one attached hydrogen (secondary N) is 2. The molecule has 0 amide bonds. The van der Waals surface area contributed by atoms with E-state index in [2.05, 4.69) is 22.6 Å². The van der Waals surface area contributed by atoms with Crippen LogP contribution in [0.3, 0.4) is 0 Å². The topological polar surface area (TPSA) is 68.5 Å². The second-order valence-electron chi connectivity index (χ2n) is 4.28. The van der Waals surface area contributed by atoms with Gasteiger partial charge in [-0.25, -0.2) is 0 Å². The van der Waals surface area contributed by atoms with Crippen molar-refractivity contribution in [3.8, 4) is 0 Å². The molecule has 94 valence electrons. The number of nitrogens with zero attached hydrogens (tertiary/aromatic N) is 1. The van der Waals surface area contributed by atoms with Gasteiger partial charge in [-0.2, -0.15) is 0 Å². The molecule has 1 aliphatic rings. The van der Waals surface area contributed by atoms with Crippen LogP contribution in [0, 0.1) is 5.41 Å². The van der Waals surface area contributed by atoms with E-state index < -0.39 is 0 Å². The Hall–Kier alpha value is -2.10. The first-order valence-corrected chi connectivity index (χ1v) is 6.08. The molecule has 1 aromatic rings. The van der Waals surface area contributed by atoms with Crippen LogP contribution in [0.4, 0.5) is 0 Å². The van der Waals surface area contributed by atoms with Crippen LogP contribution in [-0.4, -0.2) is 17.1 Å². The summed E-state index contributed by atoms with van der Waals surface area (Å²) in [6.45, 7) is 0.728. The first-order valence-electron chi connectivity index (χ1n) is 6.08. The van der Waals surface area contributed by atoms with Gasteiger partial charge in [-0.05, 0) is 24.8 Å². The summed E-state index contributed by atoms with van der Waals surface area (Å²) in [5, 5.41) is 23.0. The first-order chi connectivity index (χ1) is 8.85. The maximum absolute atomic E-state index is 8.92. The van der Waals surface area contributed by atoms with Crippen molar-refractivity contribution in [2.24, 2.45) is 5.16 Å². The van der Waals surface area contributed by atoms with E-state index in [9.17, 15) is 0 Å². The van der Waals surface area contributed by atoms with E-state index in [4.69, 9.17) is 10.6 Å². The summed E-state index contributed by atoms with van der Waals surface area (Å²) in [6.07, 6.45) is 3.85. The molecule has 0 heterocycles. The average Bonchev–Trinajstić information content (AvgIpc) is 2.45. The van der Waals surface area contributed by atoms with Crippen LogP contribution in [0.25, 0.3) is 0 Å². The molecule has 4 nitrogen and oxygen atoms in total. The largest absolute Gasteiger partial charge is 0.411 e. The van der Waals surface area contributed by atoms with Crippen molar-refractivity contribution in [1.82, 2.24) is 5.32 Å². The number of hydrogen-bond donors (Lipinski definition) is 3. The van der Waals surface area contributed by atoms with Crippen LogP contribution >= 0.6 is 0 Å². The van der Waals surface area contributed by atoms with Gasteiger partial charge in [0.05, 0.1) is 5.71 Å². The van der Waals surface area contributed by atoms with Gasteiger partial charge in [0.25, 0.3) is 0 Å². The fourth-order valence-corrected chi connectivity index (χ4v) is 2.14. The molecule has 0 bridgehead atoms. The number of hydrogen-bond acceptors (Lipinski definition) is 4. The molecular formula is C14H17N3O. The van der Waals surface area contributed by atoms with Crippen molar-refractivity contribution in [2.75, 3.05) is 0 Å². The molecule has 1 aromatic carbocycles. The lowest BCUT2D eigenvalue weighted by molar-refractivity contribution is 0.317. The quantitative estimate of drug-likeness (QED) is 0.432. The van der Waals surface area contributed by atoms with Gasteiger partial charge in [-0.15, -0.1) is 0 Å². The minimum atomic E-state index is 0.604. The number of benzene rings is 1. The summed E-state index contributed by atoms with van der Waals surface area (Å²) in [5.74, 6) is 0. The maximum Gasteiger partial charge on any atom is 0.0900 e. The lowest BCUT2D eigenvalue weighted by atomic mass is 9.94. The normalized spacial score (nSPS) is 17.9. The maximum atomic E-state index is 8.92. The Morgan fingerprint density at radius 3 is 2.72 bits per heavy atom. The van der Waals surface area contributed by atoms with Gasteiger partial charge in [0.1, 0.15) is 0 Å². The van der Waals surface area contributed by atoms with Gasteiger partial charge in [0.15, 0.2) is 0 Å². The van der Waals surface area contributed by atoms with Crippen molar-refractivity contribution in [2.45, 2.75) is 25.8 Å². The highest BCUT2D eigenvalue weighted by Gasteiger charge is 2.17. The van der Waals surface area contributed by atoms with Gasteiger partial charge in [0.2, 0.25) is 0 Å². The summed E-state index contributed by atoms with van der Waals surface area (Å²) >= 11 is 0. The molecule has 1 aliphatic carbocycles. The van der Waals surface area contributed by atoms with E-state index in [0.29, 0.717) is 5.71 Å². The molecule has 0 aliphatic heterocycles. The highest BCUT2D eigenvalue weighted by atomic mass is 16.4. The molecule has 0 atom stereocenters. The monoisotopic (exact) mass is 243 g/mol. The molecule has 4 heteroatoms. The van der Waals surface area contributed by atoms with Crippen LogP contribution in [-0.2, 0) is 6.54 Å². The van der Waals surface area contributed by atoms with Gasteiger partial charge < -0.3 is 15.9 Å². The Bertz CT molecular complexity index is 477. The van der Waals surface area contributed by atoms with Crippen molar-refractivity contribution in [3.05, 3.63) is 47.2 Å². The smallest absolute Gasteiger partial charge is 0.0900 e. The molecule has 2 rings (SSSR count). The Kier molecular flexibility index (Phi) is 4.12. The van der Waals surface area contributed by atoms with Gasteiger partial charge in [-0.3, -0.25) is 0 Å². The molecule has 0 aromatic heterocycles. The fourth-order valence-electron chi connectivity index (χ4n) is 2.14. The molecule has 0 saturated carbocycles. The van der Waals surface area contributed by atoms with E-state index in [1.54, 1.807) is 0 Å². The lowest BCUT2D eigenvalue weighted by Crippen LogP contribution is -2.22. The van der Waals surface area contributed by atoms with E-state index in [-0.39, 0.29) is 0 Å². The highest BCUT2D eigenvalue weighted by Crippen LogP contribution is 2.20. The Labute approximate surface area is 107 Å². The molecule has 0 spiro atoms. The third-order valence-corrected chi connectivity index (χ3v) is 3.09. The SMILES string of the molecule is N=CC1=C(NCc2ccccc2)CCC/C1=N\O. The Morgan fingerprint density at radius 2 is 2.06 bits per heavy atom. The summed E-state index contributed by atoms with van der Waals surface area (Å²) in [4.78, 5) is 0. The minimum Gasteiger partial charge on any atom is -0.411 e. The van der Waals surface area contributed by atoms with Gasteiger partial charge in [0, 0.05) is 24.0 Å². The third-order valence-electron chi connectivity index (χ3n) is 3.09. The molecule has 3 N–H and O–H groups in total. The molecule has 0 unspecified atom stereocenters. The zero-order chi connectivity index (χ0) is 12.8. The van der Waals surface area contributed by atoms with E-state index in [1.807, 2.05) is 18.2 Å². The van der Waals surface area contributed by atoms with Crippen LogP contribution < -0.4 is 5.32 Å².